The van der Waals surface area contributed by atoms with Crippen molar-refractivity contribution >= 4 is 24.3 Å². The number of hydrogen-bond acceptors (Lipinski definition) is 0. The monoisotopic (exact) mass is 550 g/mol. The first-order valence-corrected chi connectivity index (χ1v) is 17.2. The molecule has 8 bridgehead atoms. The third kappa shape index (κ3) is 4.23. The lowest BCUT2D eigenvalue weighted by molar-refractivity contribution is -0.205. The lowest BCUT2D eigenvalue weighted by atomic mass is 9.32. The summed E-state index contributed by atoms with van der Waals surface area (Å²) in [4.78, 5) is 0. The lowest BCUT2D eigenvalue weighted by Crippen LogP contribution is -2.63. The Kier molecular flexibility index (Phi) is 5.84. The molecule has 11 rings (SSSR count). The predicted molar refractivity (Wildman–Crippen MR) is 177 cm³/mol. The normalized spacial score (nSPS) is 39.6. The molecule has 3 aromatic rings. The van der Waals surface area contributed by atoms with E-state index < -0.39 is 0 Å². The number of benzene rings is 3. The third-order valence-corrected chi connectivity index (χ3v) is 13.3. The third-order valence-electron chi connectivity index (χ3n) is 13.3. The van der Waals surface area contributed by atoms with Crippen LogP contribution in [0.2, 0.25) is 0 Å². The highest BCUT2D eigenvalue weighted by Gasteiger charge is 2.67. The molecular weight excluding hydrogens is 504 g/mol. The van der Waals surface area contributed by atoms with Gasteiger partial charge in [-0.3, -0.25) is 0 Å². The van der Waals surface area contributed by atoms with Crippen LogP contribution in [0.15, 0.2) is 78.9 Å². The lowest BCUT2D eigenvalue weighted by Gasteiger charge is -2.72. The van der Waals surface area contributed by atoms with Gasteiger partial charge in [0.25, 0.3) is 0 Å². The van der Waals surface area contributed by atoms with Gasteiger partial charge in [-0.05, 0) is 157 Å². The van der Waals surface area contributed by atoms with Crippen molar-refractivity contribution in [2.75, 3.05) is 0 Å². The zero-order chi connectivity index (χ0) is 27.8. The van der Waals surface area contributed by atoms with Crippen LogP contribution in [0.3, 0.4) is 0 Å². The minimum atomic E-state index is 0.374. The van der Waals surface area contributed by atoms with Crippen molar-refractivity contribution in [3.8, 4) is 0 Å². The molecule has 0 heterocycles. The molecule has 8 aliphatic rings. The fraction of sp³-hybridized carbons (Fsp3) is 0.476. The highest BCUT2D eigenvalue weighted by molar-refractivity contribution is 5.75. The molecule has 8 saturated carbocycles. The maximum atomic E-state index is 2.61. The van der Waals surface area contributed by atoms with Gasteiger partial charge in [-0.15, -0.1) is 0 Å². The first-order valence-electron chi connectivity index (χ1n) is 17.2. The molecule has 0 heteroatoms. The standard InChI is InChI=1S/C42H46/c1-3-7-30(8-4-1)11-13-32-15-33(14-12-31-9-5-2-6-10-31)21-39(20-32)40-22-37-19-38(23-40)28-42(27-37,29-40)41-24-34-16-35(25-41)18-36(17-34)26-41/h1-15,20-21,34-38H,16-19,22-29H2. The van der Waals surface area contributed by atoms with Crippen molar-refractivity contribution < 1.29 is 0 Å². The molecular formula is C42H46. The van der Waals surface area contributed by atoms with Crippen LogP contribution >= 0.6 is 0 Å². The zero-order valence-electron chi connectivity index (χ0n) is 25.2. The molecule has 3 aromatic carbocycles. The second kappa shape index (κ2) is 9.57. The van der Waals surface area contributed by atoms with E-state index in [2.05, 4.69) is 103 Å². The van der Waals surface area contributed by atoms with E-state index in [1.54, 1.807) is 56.9 Å². The second-order valence-corrected chi connectivity index (χ2v) is 16.1. The summed E-state index contributed by atoms with van der Waals surface area (Å²) < 4.78 is 0. The van der Waals surface area contributed by atoms with Crippen molar-refractivity contribution in [3.63, 3.8) is 0 Å². The molecule has 214 valence electrons. The average Bonchev–Trinajstić information content (AvgIpc) is 2.99. The van der Waals surface area contributed by atoms with Gasteiger partial charge in [0, 0.05) is 0 Å². The summed E-state index contributed by atoms with van der Waals surface area (Å²) in [5.74, 6) is 5.07. The quantitative estimate of drug-likeness (QED) is 0.268. The van der Waals surface area contributed by atoms with Crippen LogP contribution in [0.1, 0.15) is 105 Å². The van der Waals surface area contributed by atoms with Crippen LogP contribution in [0, 0.1) is 40.4 Å². The highest BCUT2D eigenvalue weighted by Crippen LogP contribution is 2.77. The Morgan fingerprint density at radius 2 is 0.857 bits per heavy atom. The van der Waals surface area contributed by atoms with E-state index in [0.29, 0.717) is 16.2 Å². The van der Waals surface area contributed by atoms with E-state index in [0.717, 1.165) is 29.6 Å². The van der Waals surface area contributed by atoms with Crippen molar-refractivity contribution in [3.05, 3.63) is 107 Å². The fourth-order valence-corrected chi connectivity index (χ4v) is 12.7. The molecule has 8 aliphatic carbocycles. The van der Waals surface area contributed by atoms with Crippen LogP contribution in [0.25, 0.3) is 24.3 Å². The number of hydrogen-bond donors (Lipinski definition) is 0. The summed E-state index contributed by atoms with van der Waals surface area (Å²) in [7, 11) is 0. The maximum Gasteiger partial charge on any atom is -0.00358 e. The van der Waals surface area contributed by atoms with Crippen LogP contribution in [-0.4, -0.2) is 0 Å². The number of rotatable bonds is 6. The van der Waals surface area contributed by atoms with Gasteiger partial charge in [-0.1, -0.05) is 97.1 Å². The highest BCUT2D eigenvalue weighted by atomic mass is 14.7. The van der Waals surface area contributed by atoms with Gasteiger partial charge >= 0.3 is 0 Å². The van der Waals surface area contributed by atoms with Gasteiger partial charge in [0.2, 0.25) is 0 Å². The Labute approximate surface area is 253 Å². The molecule has 42 heavy (non-hydrogen) atoms. The van der Waals surface area contributed by atoms with E-state index in [9.17, 15) is 0 Å². The molecule has 0 aromatic heterocycles. The zero-order valence-corrected chi connectivity index (χ0v) is 25.2. The van der Waals surface area contributed by atoms with Crippen molar-refractivity contribution in [2.24, 2.45) is 40.4 Å². The summed E-state index contributed by atoms with van der Waals surface area (Å²) in [5, 5.41) is 0. The Morgan fingerprint density at radius 3 is 1.36 bits per heavy atom. The molecule has 0 radical (unpaired) electrons. The fourth-order valence-electron chi connectivity index (χ4n) is 12.7. The molecule has 8 fully saturated rings. The molecule has 0 nitrogen and oxygen atoms in total. The van der Waals surface area contributed by atoms with E-state index in [-0.39, 0.29) is 0 Å². The van der Waals surface area contributed by atoms with Gasteiger partial charge < -0.3 is 0 Å². The Bertz CT molecular complexity index is 1400. The van der Waals surface area contributed by atoms with Crippen LogP contribution in [0.5, 0.6) is 0 Å². The van der Waals surface area contributed by atoms with E-state index >= 15 is 0 Å². The molecule has 0 amide bonds. The topological polar surface area (TPSA) is 0 Å². The van der Waals surface area contributed by atoms with Crippen molar-refractivity contribution in [2.45, 2.75) is 82.5 Å². The summed E-state index contributed by atoms with van der Waals surface area (Å²) in [6.07, 6.45) is 27.8. The van der Waals surface area contributed by atoms with Crippen LogP contribution < -0.4 is 0 Å². The molecule has 2 unspecified atom stereocenters. The van der Waals surface area contributed by atoms with Crippen molar-refractivity contribution in [1.29, 1.82) is 0 Å². The second-order valence-electron chi connectivity index (χ2n) is 16.1. The molecule has 0 spiro atoms. The van der Waals surface area contributed by atoms with Gasteiger partial charge in [0.15, 0.2) is 0 Å². The predicted octanol–water partition coefficient (Wildman–Crippen LogP) is 11.1. The van der Waals surface area contributed by atoms with Gasteiger partial charge in [-0.25, -0.2) is 0 Å². The molecule has 0 saturated heterocycles. The van der Waals surface area contributed by atoms with E-state index in [4.69, 9.17) is 0 Å². The minimum Gasteiger partial charge on any atom is -0.0622 e. The average molecular weight is 551 g/mol. The molecule has 0 aliphatic heterocycles. The summed E-state index contributed by atoms with van der Waals surface area (Å²) in [6.45, 7) is 0. The van der Waals surface area contributed by atoms with Gasteiger partial charge in [0.05, 0.1) is 0 Å². The summed E-state index contributed by atoms with van der Waals surface area (Å²) in [6, 6.07) is 29.3. The SMILES string of the molecule is C(=Cc1cc(C=Cc2ccccc2)cc(C23CC4CC(C2)CC(C25CC6CC(CC(C6)C2)C5)(C4)C3)c1)c1ccccc1. The summed E-state index contributed by atoms with van der Waals surface area (Å²) >= 11 is 0. The Hall–Kier alpha value is -2.86. The van der Waals surface area contributed by atoms with Crippen molar-refractivity contribution in [1.82, 2.24) is 0 Å². The van der Waals surface area contributed by atoms with Gasteiger partial charge in [-0.2, -0.15) is 0 Å². The van der Waals surface area contributed by atoms with E-state index in [1.807, 2.05) is 0 Å². The largest absolute Gasteiger partial charge is 0.0622 e. The molecule has 2 atom stereocenters. The maximum absolute atomic E-state index is 2.61. The van der Waals surface area contributed by atoms with Crippen LogP contribution in [0.4, 0.5) is 0 Å². The Balaban J connectivity index is 1.12. The summed E-state index contributed by atoms with van der Waals surface area (Å²) in [5.41, 5.74) is 8.61. The van der Waals surface area contributed by atoms with E-state index in [1.165, 1.54) is 47.9 Å². The smallest absolute Gasteiger partial charge is 0.00358 e. The first kappa shape index (κ1) is 25.6. The Morgan fingerprint density at radius 1 is 0.429 bits per heavy atom. The first-order chi connectivity index (χ1) is 20.6. The van der Waals surface area contributed by atoms with Gasteiger partial charge in [0.1, 0.15) is 0 Å². The minimum absolute atomic E-state index is 0.374. The van der Waals surface area contributed by atoms with Crippen LogP contribution in [-0.2, 0) is 5.41 Å². The molecule has 0 N–H and O–H groups in total.